The Bertz CT molecular complexity index is 700. The fourth-order valence-corrected chi connectivity index (χ4v) is 2.13. The van der Waals surface area contributed by atoms with Gasteiger partial charge in [-0.25, -0.2) is 9.97 Å². The molecule has 2 aromatic carbocycles. The molecule has 0 amide bonds. The zero-order valence-electron chi connectivity index (χ0n) is 9.38. The number of ether oxygens (including phenoxy) is 1. The van der Waals surface area contributed by atoms with E-state index >= 15 is 0 Å². The Morgan fingerprint density at radius 1 is 1.00 bits per heavy atom. The van der Waals surface area contributed by atoms with Crippen LogP contribution in [0.2, 0.25) is 0 Å². The van der Waals surface area contributed by atoms with Crippen LogP contribution >= 0.6 is 22.6 Å². The van der Waals surface area contributed by atoms with Crippen LogP contribution < -0.4 is 4.74 Å². The lowest BCUT2D eigenvalue weighted by Crippen LogP contribution is -1.91. The maximum atomic E-state index is 5.76. The van der Waals surface area contributed by atoms with E-state index in [0.717, 1.165) is 14.7 Å². The van der Waals surface area contributed by atoms with E-state index in [1.165, 1.54) is 11.7 Å². The zero-order valence-corrected chi connectivity index (χ0v) is 11.5. The molecule has 4 heteroatoms. The highest BCUT2D eigenvalue weighted by Crippen LogP contribution is 2.26. The third-order valence-corrected chi connectivity index (χ3v) is 3.31. The molecule has 0 N–H and O–H groups in total. The first kappa shape index (κ1) is 11.4. The molecule has 0 aliphatic rings. The van der Waals surface area contributed by atoms with Crippen molar-refractivity contribution in [2.24, 2.45) is 0 Å². The summed E-state index contributed by atoms with van der Waals surface area (Å²) in [6, 6.07) is 14.2. The summed E-state index contributed by atoms with van der Waals surface area (Å²) in [5, 5.41) is 2.35. The van der Waals surface area contributed by atoms with E-state index in [9.17, 15) is 0 Å². The van der Waals surface area contributed by atoms with Crippen LogP contribution in [0.25, 0.3) is 10.8 Å². The number of aromatic nitrogens is 2. The molecule has 0 atom stereocenters. The Balaban J connectivity index is 1.98. The smallest absolute Gasteiger partial charge is 0.235 e. The number of hydrogen-bond donors (Lipinski definition) is 0. The van der Waals surface area contributed by atoms with Gasteiger partial charge in [-0.2, -0.15) is 0 Å². The Labute approximate surface area is 118 Å². The highest BCUT2D eigenvalue weighted by molar-refractivity contribution is 14.1. The van der Waals surface area contributed by atoms with Crippen LogP contribution in [0.4, 0.5) is 0 Å². The van der Waals surface area contributed by atoms with Gasteiger partial charge in [0.15, 0.2) is 0 Å². The molecule has 3 nitrogen and oxygen atoms in total. The van der Waals surface area contributed by atoms with Crippen LogP contribution in [0.1, 0.15) is 0 Å². The molecule has 0 saturated carbocycles. The summed E-state index contributed by atoms with van der Waals surface area (Å²) in [6.07, 6.45) is 3.21. The zero-order chi connectivity index (χ0) is 12.4. The van der Waals surface area contributed by atoms with Gasteiger partial charge in [-0.3, -0.25) is 0 Å². The molecule has 1 heterocycles. The number of benzene rings is 2. The summed E-state index contributed by atoms with van der Waals surface area (Å²) in [4.78, 5) is 8.05. The normalized spacial score (nSPS) is 10.5. The molecule has 0 radical (unpaired) electrons. The fraction of sp³-hybridized carbons (Fsp3) is 0. The Kier molecular flexibility index (Phi) is 3.10. The molecule has 3 rings (SSSR count). The molecule has 1 aromatic heterocycles. The van der Waals surface area contributed by atoms with Crippen molar-refractivity contribution in [3.8, 4) is 11.6 Å². The average Bonchev–Trinajstić information content (AvgIpc) is 2.41. The molecule has 0 aliphatic heterocycles. The molecule has 0 aliphatic carbocycles. The predicted molar refractivity (Wildman–Crippen MR) is 78.8 cm³/mol. The van der Waals surface area contributed by atoms with E-state index in [2.05, 4.69) is 44.7 Å². The van der Waals surface area contributed by atoms with Gasteiger partial charge in [0.2, 0.25) is 5.88 Å². The van der Waals surface area contributed by atoms with Crippen LogP contribution in [0.15, 0.2) is 55.0 Å². The van der Waals surface area contributed by atoms with E-state index in [0.29, 0.717) is 5.88 Å². The summed E-state index contributed by atoms with van der Waals surface area (Å²) >= 11 is 2.16. The summed E-state index contributed by atoms with van der Waals surface area (Å²) in [5.74, 6) is 1.37. The average molecular weight is 348 g/mol. The van der Waals surface area contributed by atoms with Crippen molar-refractivity contribution < 1.29 is 4.74 Å². The molecule has 0 fully saturated rings. The number of hydrogen-bond acceptors (Lipinski definition) is 3. The topological polar surface area (TPSA) is 35.0 Å². The third-order valence-electron chi connectivity index (χ3n) is 2.57. The van der Waals surface area contributed by atoms with Gasteiger partial charge in [-0.05, 0) is 45.5 Å². The summed E-state index contributed by atoms with van der Waals surface area (Å²) in [6.45, 7) is 0. The van der Waals surface area contributed by atoms with Crippen LogP contribution in [0, 0.1) is 3.57 Å². The van der Waals surface area contributed by atoms with Crippen molar-refractivity contribution in [2.75, 3.05) is 0 Å². The first-order valence-corrected chi connectivity index (χ1v) is 6.53. The van der Waals surface area contributed by atoms with Crippen LogP contribution in [0.5, 0.6) is 11.6 Å². The maximum Gasteiger partial charge on any atom is 0.235 e. The molecule has 0 bridgehead atoms. The lowest BCUT2D eigenvalue weighted by molar-refractivity contribution is 0.458. The number of rotatable bonds is 2. The highest BCUT2D eigenvalue weighted by atomic mass is 127. The van der Waals surface area contributed by atoms with Crippen molar-refractivity contribution in [3.05, 3.63) is 58.6 Å². The monoisotopic (exact) mass is 348 g/mol. The van der Waals surface area contributed by atoms with Crippen molar-refractivity contribution in [3.63, 3.8) is 0 Å². The van der Waals surface area contributed by atoms with E-state index in [4.69, 9.17) is 4.74 Å². The van der Waals surface area contributed by atoms with E-state index in [1.54, 1.807) is 6.20 Å². The minimum Gasteiger partial charge on any atom is -0.438 e. The van der Waals surface area contributed by atoms with Gasteiger partial charge >= 0.3 is 0 Å². The van der Waals surface area contributed by atoms with Gasteiger partial charge < -0.3 is 4.74 Å². The lowest BCUT2D eigenvalue weighted by Gasteiger charge is -2.06. The van der Waals surface area contributed by atoms with Gasteiger partial charge in [0.1, 0.15) is 12.1 Å². The van der Waals surface area contributed by atoms with Gasteiger partial charge in [-0.1, -0.05) is 30.3 Å². The van der Waals surface area contributed by atoms with E-state index in [1.807, 2.05) is 30.3 Å². The van der Waals surface area contributed by atoms with E-state index in [-0.39, 0.29) is 0 Å². The summed E-state index contributed by atoms with van der Waals surface area (Å²) in [5.41, 5.74) is 0. The van der Waals surface area contributed by atoms with Crippen LogP contribution in [-0.4, -0.2) is 9.97 Å². The number of halogens is 1. The van der Waals surface area contributed by atoms with Gasteiger partial charge in [0.05, 0.1) is 3.57 Å². The summed E-state index contributed by atoms with van der Waals surface area (Å²) < 4.78 is 6.65. The molecular weight excluding hydrogens is 339 g/mol. The van der Waals surface area contributed by atoms with Crippen molar-refractivity contribution in [1.29, 1.82) is 0 Å². The molecule has 0 unspecified atom stereocenters. The molecule has 3 aromatic rings. The maximum absolute atomic E-state index is 5.76. The molecular formula is C14H9IN2O. The SMILES string of the molecule is Ic1cncnc1Oc1ccc2ccccc2c1. The standard InChI is InChI=1S/C14H9IN2O/c15-13-8-16-9-17-14(13)18-12-6-5-10-3-1-2-4-11(10)7-12/h1-9H. The minimum absolute atomic E-state index is 0.584. The van der Waals surface area contributed by atoms with Crippen LogP contribution in [-0.2, 0) is 0 Å². The molecule has 88 valence electrons. The van der Waals surface area contributed by atoms with Crippen molar-refractivity contribution in [1.82, 2.24) is 9.97 Å². The second kappa shape index (κ2) is 4.89. The second-order valence-electron chi connectivity index (χ2n) is 3.79. The third kappa shape index (κ3) is 2.28. The molecule has 0 spiro atoms. The minimum atomic E-state index is 0.584. The number of fused-ring (bicyclic) bond motifs is 1. The predicted octanol–water partition coefficient (Wildman–Crippen LogP) is 4.03. The quantitative estimate of drug-likeness (QED) is 0.656. The second-order valence-corrected chi connectivity index (χ2v) is 4.95. The highest BCUT2D eigenvalue weighted by Gasteiger charge is 2.04. The Hall–Kier alpha value is -1.69. The Morgan fingerprint density at radius 2 is 1.83 bits per heavy atom. The fourth-order valence-electron chi connectivity index (χ4n) is 1.72. The van der Waals surface area contributed by atoms with Crippen molar-refractivity contribution in [2.45, 2.75) is 0 Å². The van der Waals surface area contributed by atoms with E-state index < -0.39 is 0 Å². The first-order chi connectivity index (χ1) is 8.83. The van der Waals surface area contributed by atoms with Gasteiger partial charge in [0, 0.05) is 6.20 Å². The first-order valence-electron chi connectivity index (χ1n) is 5.45. The van der Waals surface area contributed by atoms with Crippen molar-refractivity contribution >= 4 is 33.4 Å². The molecule has 0 saturated heterocycles. The van der Waals surface area contributed by atoms with Gasteiger partial charge in [-0.15, -0.1) is 0 Å². The Morgan fingerprint density at radius 3 is 2.67 bits per heavy atom. The summed E-state index contributed by atoms with van der Waals surface area (Å²) in [7, 11) is 0. The van der Waals surface area contributed by atoms with Crippen LogP contribution in [0.3, 0.4) is 0 Å². The molecule has 18 heavy (non-hydrogen) atoms. The lowest BCUT2D eigenvalue weighted by atomic mass is 10.1. The number of nitrogens with zero attached hydrogens (tertiary/aromatic N) is 2. The van der Waals surface area contributed by atoms with Gasteiger partial charge in [0.25, 0.3) is 0 Å². The largest absolute Gasteiger partial charge is 0.438 e.